The van der Waals surface area contributed by atoms with Crippen LogP contribution < -0.4 is 0 Å². The number of esters is 1. The Morgan fingerprint density at radius 2 is 1.95 bits per heavy atom. The number of rotatable bonds is 2. The summed E-state index contributed by atoms with van der Waals surface area (Å²) >= 11 is 1.67. The van der Waals surface area contributed by atoms with Crippen molar-refractivity contribution in [1.29, 1.82) is 0 Å². The van der Waals surface area contributed by atoms with Crippen molar-refractivity contribution >= 4 is 23.2 Å². The average Bonchev–Trinajstić information content (AvgIpc) is 2.97. The number of hydrogen-bond acceptors (Lipinski definition) is 4. The summed E-state index contributed by atoms with van der Waals surface area (Å²) in [6.45, 7) is 1.31. The fourth-order valence-electron chi connectivity index (χ4n) is 3.24. The number of fused-ring (bicyclic) bond motifs is 1. The van der Waals surface area contributed by atoms with E-state index in [0.717, 1.165) is 17.7 Å². The summed E-state index contributed by atoms with van der Waals surface area (Å²) in [6.07, 6.45) is 6.14. The zero-order valence-corrected chi connectivity index (χ0v) is 13.2. The Hall–Kier alpha value is -1.36. The van der Waals surface area contributed by atoms with Crippen LogP contribution in [-0.2, 0) is 22.4 Å². The van der Waals surface area contributed by atoms with Gasteiger partial charge in [-0.15, -0.1) is 11.3 Å². The third-order valence-corrected chi connectivity index (χ3v) is 5.75. The highest BCUT2D eigenvalue weighted by molar-refractivity contribution is 7.14. The predicted molar refractivity (Wildman–Crippen MR) is 81.6 cm³/mol. The van der Waals surface area contributed by atoms with Crippen molar-refractivity contribution in [3.05, 3.63) is 21.4 Å². The maximum absolute atomic E-state index is 12.6. The quantitative estimate of drug-likeness (QED) is 0.789. The molecule has 4 nitrogen and oxygen atoms in total. The van der Waals surface area contributed by atoms with Gasteiger partial charge in [-0.2, -0.15) is 0 Å². The SMILES string of the molecule is COC(=O)C1CCN(C(=O)c2cc3c(s2)CCCC3)CC1. The Kier molecular flexibility index (Phi) is 4.29. The van der Waals surface area contributed by atoms with Gasteiger partial charge in [-0.1, -0.05) is 0 Å². The molecule has 1 fully saturated rings. The average molecular weight is 307 g/mol. The first-order valence-electron chi connectivity index (χ1n) is 7.67. The van der Waals surface area contributed by atoms with E-state index in [1.165, 1.54) is 30.4 Å². The first-order chi connectivity index (χ1) is 10.2. The molecule has 0 unspecified atom stereocenters. The van der Waals surface area contributed by atoms with Crippen molar-refractivity contribution in [1.82, 2.24) is 4.90 Å². The molecule has 1 amide bonds. The zero-order valence-electron chi connectivity index (χ0n) is 12.4. The number of carbonyl (C=O) groups excluding carboxylic acids is 2. The van der Waals surface area contributed by atoms with Crippen LogP contribution >= 0.6 is 11.3 Å². The van der Waals surface area contributed by atoms with Crippen molar-refractivity contribution in [2.45, 2.75) is 38.5 Å². The fraction of sp³-hybridized carbons (Fsp3) is 0.625. The molecule has 1 aromatic heterocycles. The van der Waals surface area contributed by atoms with Crippen LogP contribution in [0, 0.1) is 5.92 Å². The van der Waals surface area contributed by atoms with E-state index in [4.69, 9.17) is 4.74 Å². The lowest BCUT2D eigenvalue weighted by molar-refractivity contribution is -0.146. The summed E-state index contributed by atoms with van der Waals surface area (Å²) in [7, 11) is 1.43. The highest BCUT2D eigenvalue weighted by Gasteiger charge is 2.29. The number of aryl methyl sites for hydroxylation is 2. The first-order valence-corrected chi connectivity index (χ1v) is 8.49. The number of hydrogen-bond donors (Lipinski definition) is 0. The third kappa shape index (κ3) is 2.98. The standard InChI is InChI=1S/C16H21NO3S/c1-20-16(19)11-6-8-17(9-7-11)15(18)14-10-12-4-2-3-5-13(12)21-14/h10-11H,2-9H2,1H3. The van der Waals surface area contributed by atoms with Crippen molar-refractivity contribution < 1.29 is 14.3 Å². The summed E-state index contributed by atoms with van der Waals surface area (Å²) in [6, 6.07) is 2.09. The highest BCUT2D eigenvalue weighted by atomic mass is 32.1. The van der Waals surface area contributed by atoms with Crippen LogP contribution in [0.3, 0.4) is 0 Å². The molecule has 0 saturated carbocycles. The molecular formula is C16H21NO3S. The second kappa shape index (κ2) is 6.18. The number of piperidine rings is 1. The van der Waals surface area contributed by atoms with Crippen molar-refractivity contribution in [2.24, 2.45) is 5.92 Å². The van der Waals surface area contributed by atoms with Crippen LogP contribution in [0.25, 0.3) is 0 Å². The molecule has 1 aliphatic heterocycles. The number of methoxy groups -OCH3 is 1. The van der Waals surface area contributed by atoms with E-state index in [0.29, 0.717) is 25.9 Å². The number of likely N-dealkylation sites (tertiary alicyclic amines) is 1. The fourth-order valence-corrected chi connectivity index (χ4v) is 4.46. The molecule has 0 radical (unpaired) electrons. The Morgan fingerprint density at radius 1 is 1.24 bits per heavy atom. The van der Waals surface area contributed by atoms with Crippen LogP contribution in [0.4, 0.5) is 0 Å². The second-order valence-corrected chi connectivity index (χ2v) is 6.99. The van der Waals surface area contributed by atoms with Gasteiger partial charge in [0, 0.05) is 18.0 Å². The second-order valence-electron chi connectivity index (χ2n) is 5.86. The molecule has 1 saturated heterocycles. The summed E-state index contributed by atoms with van der Waals surface area (Å²) in [5.41, 5.74) is 1.37. The van der Waals surface area contributed by atoms with Crippen molar-refractivity contribution in [2.75, 3.05) is 20.2 Å². The van der Waals surface area contributed by atoms with Gasteiger partial charge in [0.2, 0.25) is 0 Å². The van der Waals surface area contributed by atoms with Crippen LogP contribution in [-0.4, -0.2) is 37.0 Å². The van der Waals surface area contributed by atoms with Gasteiger partial charge >= 0.3 is 5.97 Å². The minimum atomic E-state index is -0.145. The van der Waals surface area contributed by atoms with Crippen LogP contribution in [0.5, 0.6) is 0 Å². The van der Waals surface area contributed by atoms with Gasteiger partial charge in [0.1, 0.15) is 0 Å². The van der Waals surface area contributed by atoms with Gasteiger partial charge in [-0.25, -0.2) is 0 Å². The summed E-state index contributed by atoms with van der Waals surface area (Å²) in [5.74, 6) is -0.0537. The zero-order chi connectivity index (χ0) is 14.8. The maximum Gasteiger partial charge on any atom is 0.308 e. The number of carbonyl (C=O) groups is 2. The summed E-state index contributed by atoms with van der Waals surface area (Å²) in [5, 5.41) is 0. The molecule has 0 bridgehead atoms. The molecule has 1 aliphatic carbocycles. The van der Waals surface area contributed by atoms with E-state index in [2.05, 4.69) is 6.07 Å². The van der Waals surface area contributed by atoms with E-state index < -0.39 is 0 Å². The van der Waals surface area contributed by atoms with Crippen molar-refractivity contribution in [3.8, 4) is 0 Å². The maximum atomic E-state index is 12.6. The minimum Gasteiger partial charge on any atom is -0.469 e. The summed E-state index contributed by atoms with van der Waals surface area (Å²) in [4.78, 5) is 28.3. The molecule has 1 aromatic rings. The van der Waals surface area contributed by atoms with Gasteiger partial charge in [-0.05, 0) is 50.2 Å². The number of thiophene rings is 1. The lowest BCUT2D eigenvalue weighted by Gasteiger charge is -2.30. The van der Waals surface area contributed by atoms with Gasteiger partial charge in [0.25, 0.3) is 5.91 Å². The molecule has 0 aromatic carbocycles. The minimum absolute atomic E-state index is 0.0457. The van der Waals surface area contributed by atoms with Gasteiger partial charge in [0.15, 0.2) is 0 Å². The third-order valence-electron chi connectivity index (χ3n) is 4.52. The molecule has 114 valence electrons. The van der Waals surface area contributed by atoms with Gasteiger partial charge < -0.3 is 9.64 Å². The topological polar surface area (TPSA) is 46.6 Å². The predicted octanol–water partition coefficient (Wildman–Crippen LogP) is 2.65. The van der Waals surface area contributed by atoms with E-state index in [1.54, 1.807) is 11.3 Å². The van der Waals surface area contributed by atoms with Crippen molar-refractivity contribution in [3.63, 3.8) is 0 Å². The van der Waals surface area contributed by atoms with Gasteiger partial charge in [-0.3, -0.25) is 9.59 Å². The Bertz CT molecular complexity index is 520. The molecule has 5 heteroatoms. The summed E-state index contributed by atoms with van der Waals surface area (Å²) < 4.78 is 4.78. The number of amides is 1. The number of ether oxygens (including phenoxy) is 1. The van der Waals surface area contributed by atoms with E-state index in [-0.39, 0.29) is 17.8 Å². The molecular weight excluding hydrogens is 286 g/mol. The highest BCUT2D eigenvalue weighted by Crippen LogP contribution is 2.31. The molecule has 0 atom stereocenters. The smallest absolute Gasteiger partial charge is 0.308 e. The largest absolute Gasteiger partial charge is 0.469 e. The Morgan fingerprint density at radius 3 is 2.62 bits per heavy atom. The van der Waals surface area contributed by atoms with E-state index in [9.17, 15) is 9.59 Å². The first kappa shape index (κ1) is 14.6. The molecule has 2 aliphatic rings. The molecule has 2 heterocycles. The molecule has 0 N–H and O–H groups in total. The molecule has 0 spiro atoms. The number of nitrogens with zero attached hydrogens (tertiary/aromatic N) is 1. The van der Waals surface area contributed by atoms with E-state index in [1.807, 2.05) is 4.90 Å². The van der Waals surface area contributed by atoms with Crippen LogP contribution in [0.2, 0.25) is 0 Å². The Balaban J connectivity index is 1.64. The van der Waals surface area contributed by atoms with Crippen LogP contribution in [0.15, 0.2) is 6.07 Å². The lowest BCUT2D eigenvalue weighted by atomic mass is 9.96. The Labute approximate surface area is 129 Å². The van der Waals surface area contributed by atoms with E-state index >= 15 is 0 Å². The lowest BCUT2D eigenvalue weighted by Crippen LogP contribution is -2.40. The monoisotopic (exact) mass is 307 g/mol. The van der Waals surface area contributed by atoms with Crippen LogP contribution in [0.1, 0.15) is 45.8 Å². The molecule has 3 rings (SSSR count). The van der Waals surface area contributed by atoms with Gasteiger partial charge in [0.05, 0.1) is 17.9 Å². The molecule has 21 heavy (non-hydrogen) atoms. The normalized spacial score (nSPS) is 19.2.